The molecule has 1 rings (SSSR count). The summed E-state index contributed by atoms with van der Waals surface area (Å²) in [5.74, 6) is 0. The molecular weight excluding hydrogens is 210 g/mol. The Balaban J connectivity index is 2.74. The van der Waals surface area contributed by atoms with E-state index in [-0.39, 0.29) is 6.04 Å². The molecule has 1 atom stereocenters. The smallest absolute Gasteiger partial charge is 0.0387 e. The lowest BCUT2D eigenvalue weighted by Gasteiger charge is -2.02. The van der Waals surface area contributed by atoms with Gasteiger partial charge in [-0.2, -0.15) is 0 Å². The van der Waals surface area contributed by atoms with Crippen LogP contribution in [0.25, 0.3) is 0 Å². The minimum atomic E-state index is 0.219. The first-order valence-corrected chi connectivity index (χ1v) is 4.90. The van der Waals surface area contributed by atoms with Crippen LogP contribution in [0, 0.1) is 0 Å². The molecular formula is C7H10BrNS. The Hall–Kier alpha value is 0.140. The molecule has 1 aromatic rings. The minimum absolute atomic E-state index is 0.219. The average molecular weight is 220 g/mol. The molecule has 0 aliphatic carbocycles. The van der Waals surface area contributed by atoms with Gasteiger partial charge in [0.05, 0.1) is 0 Å². The lowest BCUT2D eigenvalue weighted by atomic mass is 10.2. The first kappa shape index (κ1) is 8.24. The molecule has 10 heavy (non-hydrogen) atoms. The molecule has 0 amide bonds. The third kappa shape index (κ3) is 1.81. The fraction of sp³-hybridized carbons (Fsp3) is 0.429. The van der Waals surface area contributed by atoms with Crippen LogP contribution in [0.2, 0.25) is 0 Å². The topological polar surface area (TPSA) is 26.0 Å². The highest BCUT2D eigenvalue weighted by molar-refractivity contribution is 9.10. The van der Waals surface area contributed by atoms with Crippen molar-refractivity contribution in [1.29, 1.82) is 0 Å². The molecule has 0 unspecified atom stereocenters. The van der Waals surface area contributed by atoms with Gasteiger partial charge in [-0.25, -0.2) is 0 Å². The SMILES string of the molecule is CC[C@H](N)c1cc(Br)cs1. The molecule has 1 aromatic heterocycles. The molecule has 1 heterocycles. The van der Waals surface area contributed by atoms with Crippen LogP contribution in [0.4, 0.5) is 0 Å². The summed E-state index contributed by atoms with van der Waals surface area (Å²) in [5, 5.41) is 2.06. The Morgan fingerprint density at radius 1 is 1.80 bits per heavy atom. The number of rotatable bonds is 2. The summed E-state index contributed by atoms with van der Waals surface area (Å²) < 4.78 is 1.14. The van der Waals surface area contributed by atoms with Crippen LogP contribution in [-0.2, 0) is 0 Å². The maximum Gasteiger partial charge on any atom is 0.0387 e. The normalized spacial score (nSPS) is 13.5. The van der Waals surface area contributed by atoms with E-state index in [9.17, 15) is 0 Å². The first-order valence-electron chi connectivity index (χ1n) is 3.23. The maximum atomic E-state index is 5.80. The van der Waals surface area contributed by atoms with Gasteiger partial charge in [0.2, 0.25) is 0 Å². The molecule has 0 aromatic carbocycles. The van der Waals surface area contributed by atoms with Crippen molar-refractivity contribution in [2.45, 2.75) is 19.4 Å². The van der Waals surface area contributed by atoms with Crippen LogP contribution < -0.4 is 5.73 Å². The largest absolute Gasteiger partial charge is 0.323 e. The van der Waals surface area contributed by atoms with E-state index in [2.05, 4.69) is 34.3 Å². The average Bonchev–Trinajstić information content (AvgIpc) is 2.34. The molecule has 0 aliphatic heterocycles. The molecule has 0 bridgehead atoms. The fourth-order valence-corrected chi connectivity index (χ4v) is 2.26. The zero-order chi connectivity index (χ0) is 7.56. The van der Waals surface area contributed by atoms with Gasteiger partial charge in [-0.05, 0) is 28.4 Å². The zero-order valence-corrected chi connectivity index (χ0v) is 8.21. The van der Waals surface area contributed by atoms with Crippen LogP contribution >= 0.6 is 27.3 Å². The second-order valence-corrected chi connectivity index (χ2v) is 4.04. The zero-order valence-electron chi connectivity index (χ0n) is 5.80. The Bertz CT molecular complexity index is 209. The number of hydrogen-bond acceptors (Lipinski definition) is 2. The summed E-state index contributed by atoms with van der Waals surface area (Å²) in [4.78, 5) is 1.26. The molecule has 0 saturated heterocycles. The summed E-state index contributed by atoms with van der Waals surface area (Å²) in [6.45, 7) is 2.10. The monoisotopic (exact) mass is 219 g/mol. The highest BCUT2D eigenvalue weighted by atomic mass is 79.9. The van der Waals surface area contributed by atoms with Gasteiger partial charge < -0.3 is 5.73 Å². The van der Waals surface area contributed by atoms with Crippen LogP contribution in [0.15, 0.2) is 15.9 Å². The second kappa shape index (κ2) is 3.51. The Labute approximate surface area is 73.4 Å². The molecule has 56 valence electrons. The third-order valence-electron chi connectivity index (χ3n) is 1.39. The lowest BCUT2D eigenvalue weighted by molar-refractivity contribution is 0.712. The van der Waals surface area contributed by atoms with Crippen molar-refractivity contribution in [3.05, 3.63) is 20.8 Å². The van der Waals surface area contributed by atoms with E-state index in [4.69, 9.17) is 5.73 Å². The van der Waals surface area contributed by atoms with E-state index in [1.165, 1.54) is 4.88 Å². The highest BCUT2D eigenvalue weighted by Gasteiger charge is 2.04. The van der Waals surface area contributed by atoms with Crippen LogP contribution in [0.1, 0.15) is 24.3 Å². The van der Waals surface area contributed by atoms with Gasteiger partial charge >= 0.3 is 0 Å². The van der Waals surface area contributed by atoms with E-state index in [0.717, 1.165) is 10.9 Å². The minimum Gasteiger partial charge on any atom is -0.323 e. The highest BCUT2D eigenvalue weighted by Crippen LogP contribution is 2.25. The summed E-state index contributed by atoms with van der Waals surface area (Å²) >= 11 is 5.09. The van der Waals surface area contributed by atoms with Gasteiger partial charge in [0.25, 0.3) is 0 Å². The molecule has 3 heteroatoms. The predicted molar refractivity (Wildman–Crippen MR) is 49.2 cm³/mol. The van der Waals surface area contributed by atoms with Crippen molar-refractivity contribution < 1.29 is 0 Å². The Kier molecular flexibility index (Phi) is 2.89. The summed E-state index contributed by atoms with van der Waals surface area (Å²) in [6, 6.07) is 2.30. The molecule has 1 nitrogen and oxygen atoms in total. The van der Waals surface area contributed by atoms with Crippen molar-refractivity contribution >= 4 is 27.3 Å². The second-order valence-electron chi connectivity index (χ2n) is 2.18. The van der Waals surface area contributed by atoms with Crippen molar-refractivity contribution in [2.24, 2.45) is 5.73 Å². The van der Waals surface area contributed by atoms with Crippen LogP contribution in [-0.4, -0.2) is 0 Å². The number of hydrogen-bond donors (Lipinski definition) is 1. The quantitative estimate of drug-likeness (QED) is 0.814. The van der Waals surface area contributed by atoms with E-state index < -0.39 is 0 Å². The van der Waals surface area contributed by atoms with Crippen molar-refractivity contribution in [2.75, 3.05) is 0 Å². The van der Waals surface area contributed by atoms with E-state index >= 15 is 0 Å². The van der Waals surface area contributed by atoms with Gasteiger partial charge in [0.1, 0.15) is 0 Å². The molecule has 2 N–H and O–H groups in total. The predicted octanol–water partition coefficient (Wildman–Crippen LogP) is 2.92. The summed E-state index contributed by atoms with van der Waals surface area (Å²) in [6.07, 6.45) is 1.01. The fourth-order valence-electron chi connectivity index (χ4n) is 0.724. The molecule has 0 radical (unpaired) electrons. The van der Waals surface area contributed by atoms with Gasteiger partial charge in [-0.15, -0.1) is 11.3 Å². The van der Waals surface area contributed by atoms with Crippen LogP contribution in [0.3, 0.4) is 0 Å². The maximum absolute atomic E-state index is 5.80. The van der Waals surface area contributed by atoms with E-state index in [1.807, 2.05) is 0 Å². The third-order valence-corrected chi connectivity index (χ3v) is 3.22. The number of thiophene rings is 1. The number of halogens is 1. The van der Waals surface area contributed by atoms with Crippen LogP contribution in [0.5, 0.6) is 0 Å². The van der Waals surface area contributed by atoms with Gasteiger partial charge in [0.15, 0.2) is 0 Å². The first-order chi connectivity index (χ1) is 4.74. The van der Waals surface area contributed by atoms with E-state index in [0.29, 0.717) is 0 Å². The van der Waals surface area contributed by atoms with Gasteiger partial charge in [-0.3, -0.25) is 0 Å². The molecule has 0 fully saturated rings. The van der Waals surface area contributed by atoms with Crippen molar-refractivity contribution in [1.82, 2.24) is 0 Å². The standard InChI is InChI=1S/C7H10BrNS/c1-2-6(9)7-3-5(8)4-10-7/h3-4,6H,2,9H2,1H3/t6-/m0/s1. The molecule has 0 saturated carbocycles. The molecule has 0 spiro atoms. The Morgan fingerprint density at radius 3 is 2.90 bits per heavy atom. The van der Waals surface area contributed by atoms with E-state index in [1.54, 1.807) is 11.3 Å². The summed E-state index contributed by atoms with van der Waals surface area (Å²) in [7, 11) is 0. The van der Waals surface area contributed by atoms with Gasteiger partial charge in [-0.1, -0.05) is 6.92 Å². The van der Waals surface area contributed by atoms with Crippen molar-refractivity contribution in [3.8, 4) is 0 Å². The molecule has 0 aliphatic rings. The van der Waals surface area contributed by atoms with Gasteiger partial charge in [0, 0.05) is 20.8 Å². The summed E-state index contributed by atoms with van der Waals surface area (Å²) in [5.41, 5.74) is 5.80. The number of nitrogens with two attached hydrogens (primary N) is 1. The Morgan fingerprint density at radius 2 is 2.50 bits per heavy atom. The lowest BCUT2D eigenvalue weighted by Crippen LogP contribution is -2.05. The van der Waals surface area contributed by atoms with Crippen molar-refractivity contribution in [3.63, 3.8) is 0 Å².